The highest BCUT2D eigenvalue weighted by Gasteiger charge is 2.31. The van der Waals surface area contributed by atoms with E-state index in [1.54, 1.807) is 0 Å². The second-order valence-corrected chi connectivity index (χ2v) is 5.65. The number of fused-ring (bicyclic) bond motifs is 2. The molecule has 0 saturated heterocycles. The zero-order valence-electron chi connectivity index (χ0n) is 13.4. The molecule has 0 radical (unpaired) electrons. The largest absolute Gasteiger partial charge is 0.486 e. The molecule has 1 N–H and O–H groups in total. The highest BCUT2D eigenvalue weighted by Crippen LogP contribution is 2.47. The Hall–Kier alpha value is -2.72. The number of ether oxygens (including phenoxy) is 3. The first-order valence-corrected chi connectivity index (χ1v) is 8.00. The van der Waals surface area contributed by atoms with Crippen LogP contribution in [0.2, 0.25) is 0 Å². The molecular formula is C20H18O4. The summed E-state index contributed by atoms with van der Waals surface area (Å²) >= 11 is 0. The zero-order valence-corrected chi connectivity index (χ0v) is 13.4. The maximum absolute atomic E-state index is 11.0. The van der Waals surface area contributed by atoms with E-state index in [0.29, 0.717) is 41.8 Å². The third-order valence-corrected chi connectivity index (χ3v) is 4.15. The van der Waals surface area contributed by atoms with Crippen molar-refractivity contribution in [3.05, 3.63) is 71.5 Å². The van der Waals surface area contributed by atoms with E-state index in [1.165, 1.54) is 0 Å². The minimum Gasteiger partial charge on any atom is -0.486 e. The lowest BCUT2D eigenvalue weighted by Gasteiger charge is -2.29. The molecular weight excluding hydrogens is 304 g/mol. The van der Waals surface area contributed by atoms with E-state index in [0.717, 1.165) is 11.1 Å². The molecule has 0 amide bonds. The van der Waals surface area contributed by atoms with Gasteiger partial charge in [-0.2, -0.15) is 0 Å². The molecule has 0 spiro atoms. The molecule has 4 rings (SSSR count). The van der Waals surface area contributed by atoms with Crippen LogP contribution >= 0.6 is 0 Å². The van der Waals surface area contributed by atoms with Crippen LogP contribution in [0.3, 0.4) is 0 Å². The lowest BCUT2D eigenvalue weighted by Crippen LogP contribution is -2.19. The summed E-state index contributed by atoms with van der Waals surface area (Å²) in [5.41, 5.74) is 2.23. The van der Waals surface area contributed by atoms with Crippen LogP contribution in [0.4, 0.5) is 0 Å². The monoisotopic (exact) mass is 322 g/mol. The fraction of sp³-hybridized carbons (Fsp3) is 0.200. The molecule has 0 aliphatic carbocycles. The van der Waals surface area contributed by atoms with Crippen LogP contribution in [-0.2, 0) is 0 Å². The van der Waals surface area contributed by atoms with Crippen molar-refractivity contribution >= 4 is 5.57 Å². The average molecular weight is 322 g/mol. The molecule has 24 heavy (non-hydrogen) atoms. The molecule has 122 valence electrons. The van der Waals surface area contributed by atoms with Gasteiger partial charge in [-0.1, -0.05) is 36.4 Å². The van der Waals surface area contributed by atoms with Crippen molar-refractivity contribution in [1.82, 2.24) is 0 Å². The van der Waals surface area contributed by atoms with E-state index in [2.05, 4.69) is 0 Å². The van der Waals surface area contributed by atoms with Crippen LogP contribution in [0, 0.1) is 0 Å². The lowest BCUT2D eigenvalue weighted by atomic mass is 9.90. The van der Waals surface area contributed by atoms with Gasteiger partial charge in [0, 0.05) is 16.7 Å². The normalized spacial score (nSPS) is 19.2. The Morgan fingerprint density at radius 3 is 2.67 bits per heavy atom. The summed E-state index contributed by atoms with van der Waals surface area (Å²) in [5, 5.41) is 11.0. The number of benzene rings is 2. The molecule has 4 nitrogen and oxygen atoms in total. The molecule has 2 aliphatic heterocycles. The van der Waals surface area contributed by atoms with Crippen molar-refractivity contribution in [3.8, 4) is 17.2 Å². The highest BCUT2D eigenvalue weighted by molar-refractivity contribution is 5.81. The Labute approximate surface area is 140 Å². The summed E-state index contributed by atoms with van der Waals surface area (Å²) in [6.45, 7) is 2.93. The molecule has 2 aliphatic rings. The van der Waals surface area contributed by atoms with Gasteiger partial charge in [0.1, 0.15) is 30.8 Å². The van der Waals surface area contributed by atoms with E-state index >= 15 is 0 Å². The highest BCUT2D eigenvalue weighted by atomic mass is 16.6. The Kier molecular flexibility index (Phi) is 3.75. The summed E-state index contributed by atoms with van der Waals surface area (Å²) in [6.07, 6.45) is 2.96. The summed E-state index contributed by atoms with van der Waals surface area (Å²) in [4.78, 5) is 0. The molecule has 0 aromatic heterocycles. The second-order valence-electron chi connectivity index (χ2n) is 5.65. The van der Waals surface area contributed by atoms with Crippen molar-refractivity contribution in [1.29, 1.82) is 0 Å². The zero-order chi connectivity index (χ0) is 16.5. The van der Waals surface area contributed by atoms with Crippen molar-refractivity contribution in [2.45, 2.75) is 13.0 Å². The van der Waals surface area contributed by atoms with E-state index in [-0.39, 0.29) is 0 Å². The van der Waals surface area contributed by atoms with Gasteiger partial charge in [-0.05, 0) is 25.1 Å². The first kappa shape index (κ1) is 14.8. The molecule has 0 saturated carbocycles. The fourth-order valence-electron chi connectivity index (χ4n) is 3.10. The standard InChI is InChI=1S/C20H18O4/c1-2-6-16-18(19(21)13-7-3-4-9-15(13)24-16)14-8-5-10-17-20(14)23-12-11-22-17/h2-10,19,21H,11-12H2,1H3/b6-2-. The molecule has 2 heterocycles. The fourth-order valence-corrected chi connectivity index (χ4v) is 3.10. The molecule has 1 unspecified atom stereocenters. The summed E-state index contributed by atoms with van der Waals surface area (Å²) in [7, 11) is 0. The number of rotatable bonds is 2. The molecule has 1 atom stereocenters. The average Bonchev–Trinajstić information content (AvgIpc) is 2.62. The Bertz CT molecular complexity index is 835. The Morgan fingerprint density at radius 1 is 1.00 bits per heavy atom. The smallest absolute Gasteiger partial charge is 0.169 e. The van der Waals surface area contributed by atoms with E-state index < -0.39 is 6.10 Å². The van der Waals surface area contributed by atoms with Gasteiger partial charge in [0.15, 0.2) is 11.5 Å². The van der Waals surface area contributed by atoms with Gasteiger partial charge >= 0.3 is 0 Å². The van der Waals surface area contributed by atoms with Gasteiger partial charge in [-0.25, -0.2) is 0 Å². The van der Waals surface area contributed by atoms with Crippen molar-refractivity contribution in [2.75, 3.05) is 13.2 Å². The third-order valence-electron chi connectivity index (χ3n) is 4.15. The van der Waals surface area contributed by atoms with Gasteiger partial charge in [-0.15, -0.1) is 0 Å². The predicted octanol–water partition coefficient (Wildman–Crippen LogP) is 3.87. The maximum atomic E-state index is 11.0. The molecule has 4 heteroatoms. The van der Waals surface area contributed by atoms with E-state index in [4.69, 9.17) is 14.2 Å². The second kappa shape index (κ2) is 6.06. The predicted molar refractivity (Wildman–Crippen MR) is 91.2 cm³/mol. The van der Waals surface area contributed by atoms with Crippen LogP contribution in [0.1, 0.15) is 24.2 Å². The molecule has 0 bridgehead atoms. The Morgan fingerprint density at radius 2 is 1.79 bits per heavy atom. The van der Waals surface area contributed by atoms with Gasteiger partial charge < -0.3 is 19.3 Å². The third kappa shape index (κ3) is 2.36. The Balaban J connectivity index is 1.91. The van der Waals surface area contributed by atoms with Crippen LogP contribution in [0.5, 0.6) is 17.2 Å². The number of allylic oxidation sites excluding steroid dienone is 2. The summed E-state index contributed by atoms with van der Waals surface area (Å²) < 4.78 is 17.5. The molecule has 0 fully saturated rings. The number of para-hydroxylation sites is 2. The number of aliphatic hydroxyl groups excluding tert-OH is 1. The minimum absolute atomic E-state index is 0.490. The van der Waals surface area contributed by atoms with Crippen LogP contribution < -0.4 is 14.2 Å². The van der Waals surface area contributed by atoms with Crippen molar-refractivity contribution in [2.24, 2.45) is 0 Å². The van der Waals surface area contributed by atoms with E-state index in [1.807, 2.05) is 61.5 Å². The number of hydrogen-bond donors (Lipinski definition) is 1. The van der Waals surface area contributed by atoms with Crippen LogP contribution in [0.25, 0.3) is 5.57 Å². The quantitative estimate of drug-likeness (QED) is 0.912. The van der Waals surface area contributed by atoms with Gasteiger partial charge in [0.2, 0.25) is 0 Å². The first-order chi connectivity index (χ1) is 11.8. The number of aliphatic hydroxyl groups is 1. The molecule has 2 aromatic rings. The van der Waals surface area contributed by atoms with E-state index in [9.17, 15) is 5.11 Å². The maximum Gasteiger partial charge on any atom is 0.169 e. The van der Waals surface area contributed by atoms with Crippen LogP contribution in [0.15, 0.2) is 60.4 Å². The van der Waals surface area contributed by atoms with Crippen molar-refractivity contribution < 1.29 is 19.3 Å². The summed E-state index contributed by atoms with van der Waals surface area (Å²) in [6, 6.07) is 13.2. The first-order valence-electron chi connectivity index (χ1n) is 8.00. The molecule has 2 aromatic carbocycles. The number of hydrogen-bond acceptors (Lipinski definition) is 4. The lowest BCUT2D eigenvalue weighted by molar-refractivity contribution is 0.170. The SMILES string of the molecule is C/C=C\C1=C(c2cccc3c2OCCO3)C(O)c2ccccc2O1. The van der Waals surface area contributed by atoms with Gasteiger partial charge in [-0.3, -0.25) is 0 Å². The summed E-state index contributed by atoms with van der Waals surface area (Å²) in [5.74, 6) is 2.63. The minimum atomic E-state index is -0.793. The van der Waals surface area contributed by atoms with Gasteiger partial charge in [0.25, 0.3) is 0 Å². The van der Waals surface area contributed by atoms with Crippen LogP contribution in [-0.4, -0.2) is 18.3 Å². The van der Waals surface area contributed by atoms with Crippen molar-refractivity contribution in [3.63, 3.8) is 0 Å². The van der Waals surface area contributed by atoms with Gasteiger partial charge in [0.05, 0.1) is 0 Å². The topological polar surface area (TPSA) is 47.9 Å².